The Kier molecular flexibility index (Phi) is 6.03. The van der Waals surface area contributed by atoms with Gasteiger partial charge in [-0.2, -0.15) is 6.61 Å². The van der Waals surface area contributed by atoms with Gasteiger partial charge < -0.3 is 14.2 Å². The Hall–Kier alpha value is -0.372. The predicted molar refractivity (Wildman–Crippen MR) is 56.4 cm³/mol. The molecule has 1 aromatic carbocycles. The van der Waals surface area contributed by atoms with Gasteiger partial charge in [0.1, 0.15) is 5.75 Å². The average Bonchev–Trinajstić information content (AvgIpc) is 3.09. The van der Waals surface area contributed by atoms with Crippen molar-refractivity contribution in [3.05, 3.63) is 36.4 Å². The molecule has 0 aromatic heterocycles. The predicted octanol–water partition coefficient (Wildman–Crippen LogP) is 2.16. The van der Waals surface area contributed by atoms with Crippen LogP contribution in [0.1, 0.15) is 12.5 Å². The molecule has 3 nitrogen and oxygen atoms in total. The summed E-state index contributed by atoms with van der Waals surface area (Å²) in [7, 11) is 0. The van der Waals surface area contributed by atoms with Gasteiger partial charge in [-0.05, 0) is 24.1 Å². The number of hydrogen-bond acceptors (Lipinski definition) is 3. The summed E-state index contributed by atoms with van der Waals surface area (Å²) in [6, 6.07) is 8.05. The Morgan fingerprint density at radius 2 is 2.00 bits per heavy atom. The molecule has 0 bridgehead atoms. The van der Waals surface area contributed by atoms with Crippen LogP contribution in [0.15, 0.2) is 24.3 Å². The molecule has 0 saturated carbocycles. The van der Waals surface area contributed by atoms with Crippen molar-refractivity contribution in [3.63, 3.8) is 0 Å². The Bertz CT molecular complexity index is 296. The summed E-state index contributed by atoms with van der Waals surface area (Å²) >= 11 is 0. The first-order valence-electron chi connectivity index (χ1n) is 5.17. The SMILES string of the molecule is CCc1ccc(OCOCC2[CH-]O2)cc1.[W]. The van der Waals surface area contributed by atoms with Gasteiger partial charge in [-0.15, -0.1) is 0 Å². The number of benzene rings is 1. The van der Waals surface area contributed by atoms with E-state index < -0.39 is 0 Å². The Labute approximate surface area is 110 Å². The van der Waals surface area contributed by atoms with Crippen molar-refractivity contribution in [2.75, 3.05) is 13.4 Å². The number of epoxide rings is 1. The maximum Gasteiger partial charge on any atom is 0.189 e. The van der Waals surface area contributed by atoms with Gasteiger partial charge in [0.2, 0.25) is 0 Å². The molecule has 0 spiro atoms. The smallest absolute Gasteiger partial charge is 0.189 e. The maximum atomic E-state index is 5.39. The molecule has 2 rings (SSSR count). The van der Waals surface area contributed by atoms with Gasteiger partial charge in [-0.3, -0.25) is 0 Å². The van der Waals surface area contributed by atoms with Crippen LogP contribution in [-0.4, -0.2) is 19.5 Å². The molecular weight excluding hydrogens is 376 g/mol. The molecule has 1 aliphatic heterocycles. The van der Waals surface area contributed by atoms with Crippen LogP contribution in [-0.2, 0) is 37.0 Å². The van der Waals surface area contributed by atoms with E-state index in [1.54, 1.807) is 6.61 Å². The van der Waals surface area contributed by atoms with Crippen LogP contribution >= 0.6 is 0 Å². The third-order valence-corrected chi connectivity index (χ3v) is 2.25. The first kappa shape index (κ1) is 13.7. The number of rotatable bonds is 6. The second kappa shape index (κ2) is 7.05. The quantitative estimate of drug-likeness (QED) is 0.323. The van der Waals surface area contributed by atoms with Gasteiger partial charge in [0.25, 0.3) is 0 Å². The van der Waals surface area contributed by atoms with Gasteiger partial charge in [0.15, 0.2) is 6.79 Å². The van der Waals surface area contributed by atoms with E-state index in [2.05, 4.69) is 19.1 Å². The van der Waals surface area contributed by atoms with Crippen molar-refractivity contribution in [2.24, 2.45) is 0 Å². The average molecular weight is 391 g/mol. The molecular formula is C12H15O3W-. The number of hydrogen-bond donors (Lipinski definition) is 0. The van der Waals surface area contributed by atoms with E-state index in [1.807, 2.05) is 12.1 Å². The van der Waals surface area contributed by atoms with E-state index in [1.165, 1.54) is 5.56 Å². The summed E-state index contributed by atoms with van der Waals surface area (Å²) in [6.45, 7) is 4.73. The van der Waals surface area contributed by atoms with Crippen molar-refractivity contribution < 1.29 is 35.3 Å². The molecule has 1 unspecified atom stereocenters. The third kappa shape index (κ3) is 4.65. The third-order valence-electron chi connectivity index (χ3n) is 2.25. The summed E-state index contributed by atoms with van der Waals surface area (Å²) in [5, 5.41) is 0. The van der Waals surface area contributed by atoms with E-state index in [4.69, 9.17) is 14.2 Å². The summed E-state index contributed by atoms with van der Waals surface area (Å²) in [6.07, 6.45) is 1.22. The minimum Gasteiger partial charge on any atom is -0.568 e. The van der Waals surface area contributed by atoms with Crippen LogP contribution in [0.3, 0.4) is 0 Å². The van der Waals surface area contributed by atoms with Crippen molar-refractivity contribution in [3.8, 4) is 5.75 Å². The van der Waals surface area contributed by atoms with Gasteiger partial charge in [0, 0.05) is 27.7 Å². The molecule has 0 radical (unpaired) electrons. The Morgan fingerprint density at radius 3 is 2.56 bits per heavy atom. The molecule has 1 atom stereocenters. The monoisotopic (exact) mass is 391 g/mol. The van der Waals surface area contributed by atoms with Gasteiger partial charge in [-0.1, -0.05) is 25.2 Å². The number of ether oxygens (including phenoxy) is 3. The van der Waals surface area contributed by atoms with E-state index in [0.29, 0.717) is 6.61 Å². The molecule has 1 heterocycles. The second-order valence-electron chi connectivity index (χ2n) is 3.44. The largest absolute Gasteiger partial charge is 0.568 e. The fourth-order valence-corrected chi connectivity index (χ4v) is 1.23. The van der Waals surface area contributed by atoms with Crippen molar-refractivity contribution in [2.45, 2.75) is 19.4 Å². The van der Waals surface area contributed by atoms with E-state index in [0.717, 1.165) is 12.2 Å². The van der Waals surface area contributed by atoms with Crippen LogP contribution in [0, 0.1) is 6.61 Å². The zero-order valence-electron chi connectivity index (χ0n) is 9.22. The molecule has 16 heavy (non-hydrogen) atoms. The van der Waals surface area contributed by atoms with Gasteiger partial charge in [0.05, 0.1) is 0 Å². The van der Waals surface area contributed by atoms with Crippen molar-refractivity contribution in [1.29, 1.82) is 0 Å². The zero-order chi connectivity index (χ0) is 10.5. The van der Waals surface area contributed by atoms with Crippen LogP contribution in [0.5, 0.6) is 5.75 Å². The van der Waals surface area contributed by atoms with Crippen molar-refractivity contribution >= 4 is 0 Å². The van der Waals surface area contributed by atoms with E-state index in [-0.39, 0.29) is 34.0 Å². The van der Waals surface area contributed by atoms with E-state index in [9.17, 15) is 0 Å². The molecule has 0 aliphatic carbocycles. The second-order valence-corrected chi connectivity index (χ2v) is 3.44. The van der Waals surface area contributed by atoms with Gasteiger partial charge >= 0.3 is 0 Å². The normalized spacial score (nSPS) is 17.7. The molecule has 0 N–H and O–H groups in total. The summed E-state index contributed by atoms with van der Waals surface area (Å²) in [4.78, 5) is 0. The fraction of sp³-hybridized carbons (Fsp3) is 0.417. The Morgan fingerprint density at radius 1 is 1.31 bits per heavy atom. The molecule has 1 fully saturated rings. The van der Waals surface area contributed by atoms with Crippen LogP contribution in [0.4, 0.5) is 0 Å². The van der Waals surface area contributed by atoms with E-state index >= 15 is 0 Å². The zero-order valence-corrected chi connectivity index (χ0v) is 12.2. The molecule has 1 aliphatic rings. The minimum absolute atomic E-state index is 0. The van der Waals surface area contributed by atoms with Crippen LogP contribution in [0.25, 0.3) is 0 Å². The molecule has 4 heteroatoms. The first-order chi connectivity index (χ1) is 7.38. The molecule has 1 aromatic rings. The van der Waals surface area contributed by atoms with Crippen molar-refractivity contribution in [1.82, 2.24) is 0 Å². The molecule has 1 saturated heterocycles. The fourth-order valence-electron chi connectivity index (χ4n) is 1.23. The molecule has 88 valence electrons. The molecule has 0 amide bonds. The summed E-state index contributed by atoms with van der Waals surface area (Å²) in [5.74, 6) is 0.841. The maximum absolute atomic E-state index is 5.39. The summed E-state index contributed by atoms with van der Waals surface area (Å²) < 4.78 is 15.5. The number of aryl methyl sites for hydroxylation is 1. The topological polar surface area (TPSA) is 31.0 Å². The van der Waals surface area contributed by atoms with Crippen LogP contribution in [0.2, 0.25) is 0 Å². The summed E-state index contributed by atoms with van der Waals surface area (Å²) in [5.41, 5.74) is 1.31. The first-order valence-corrected chi connectivity index (χ1v) is 5.17. The van der Waals surface area contributed by atoms with Crippen LogP contribution < -0.4 is 4.74 Å². The standard InChI is InChI=1S/C12H15O3.W/c1-2-10-3-5-11(6-4-10)15-9-13-7-12-8-14-12;/h3-6,8,12H,2,7,9H2,1H3;/q-1;. The Balaban J connectivity index is 0.00000128. The van der Waals surface area contributed by atoms with Gasteiger partial charge in [-0.25, -0.2) is 0 Å². The minimum atomic E-state index is 0.